The highest BCUT2D eigenvalue weighted by molar-refractivity contribution is 6.30. The molecule has 0 atom stereocenters. The van der Waals surface area contributed by atoms with Gasteiger partial charge in [-0.3, -0.25) is 4.79 Å². The summed E-state index contributed by atoms with van der Waals surface area (Å²) in [6.45, 7) is 4.31. The average Bonchev–Trinajstić information content (AvgIpc) is 2.90. The Morgan fingerprint density at radius 3 is 2.87 bits per heavy atom. The molecule has 0 aliphatic rings. The summed E-state index contributed by atoms with van der Waals surface area (Å²) in [4.78, 5) is 23.5. The van der Waals surface area contributed by atoms with Crippen molar-refractivity contribution in [2.24, 2.45) is 0 Å². The minimum atomic E-state index is -0.214. The molecule has 7 heteroatoms. The van der Waals surface area contributed by atoms with E-state index in [1.807, 2.05) is 31.2 Å². The maximum atomic E-state index is 12.1. The smallest absolute Gasteiger partial charge is 0.261 e. The van der Waals surface area contributed by atoms with Crippen LogP contribution in [0, 0.1) is 6.92 Å². The number of aromatic nitrogens is 5. The van der Waals surface area contributed by atoms with Gasteiger partial charge in [-0.15, -0.1) is 0 Å². The van der Waals surface area contributed by atoms with Crippen molar-refractivity contribution in [3.8, 4) is 11.4 Å². The summed E-state index contributed by atoms with van der Waals surface area (Å²) in [7, 11) is 0. The van der Waals surface area contributed by atoms with E-state index in [1.165, 1.54) is 6.20 Å². The Kier molecular flexibility index (Phi) is 4.25. The first-order chi connectivity index (χ1) is 11.1. The van der Waals surface area contributed by atoms with Gasteiger partial charge in [0.05, 0.1) is 0 Å². The molecule has 6 nitrogen and oxygen atoms in total. The average molecular weight is 330 g/mol. The van der Waals surface area contributed by atoms with Crippen molar-refractivity contribution in [1.82, 2.24) is 24.7 Å². The molecule has 0 unspecified atom stereocenters. The maximum absolute atomic E-state index is 12.1. The Labute approximate surface area is 138 Å². The lowest BCUT2D eigenvalue weighted by molar-refractivity contribution is 0.655. The molecule has 1 N–H and O–H groups in total. The molecule has 0 saturated carbocycles. The van der Waals surface area contributed by atoms with Gasteiger partial charge in [0.25, 0.3) is 5.56 Å². The van der Waals surface area contributed by atoms with Gasteiger partial charge < -0.3 is 4.98 Å². The van der Waals surface area contributed by atoms with Crippen LogP contribution in [0.25, 0.3) is 11.4 Å². The number of nitrogens with zero attached hydrogens (tertiary/aromatic N) is 4. The fourth-order valence-corrected chi connectivity index (χ4v) is 2.57. The Bertz CT molecular complexity index is 899. The van der Waals surface area contributed by atoms with Gasteiger partial charge in [0.1, 0.15) is 11.4 Å². The van der Waals surface area contributed by atoms with Crippen LogP contribution in [-0.2, 0) is 13.0 Å². The summed E-state index contributed by atoms with van der Waals surface area (Å²) in [6.07, 6.45) is 2.09. The van der Waals surface area contributed by atoms with E-state index in [-0.39, 0.29) is 5.56 Å². The highest BCUT2D eigenvalue weighted by atomic mass is 35.5. The Balaban J connectivity index is 1.99. The van der Waals surface area contributed by atoms with Crippen molar-refractivity contribution in [3.63, 3.8) is 0 Å². The van der Waals surface area contributed by atoms with E-state index >= 15 is 0 Å². The van der Waals surface area contributed by atoms with E-state index in [9.17, 15) is 4.79 Å². The summed E-state index contributed by atoms with van der Waals surface area (Å²) >= 11 is 6.01. The van der Waals surface area contributed by atoms with Crippen LogP contribution in [0.3, 0.4) is 0 Å². The first kappa shape index (κ1) is 15.4. The fraction of sp³-hybridized carbons (Fsp3) is 0.250. The molecule has 0 amide bonds. The Hall–Kier alpha value is -2.47. The minimum absolute atomic E-state index is 0.214. The number of benzene rings is 1. The molecule has 3 aromatic rings. The summed E-state index contributed by atoms with van der Waals surface area (Å²) < 4.78 is 1.71. The van der Waals surface area contributed by atoms with Crippen LogP contribution in [0.4, 0.5) is 0 Å². The number of aromatic amines is 1. The second-order valence-corrected chi connectivity index (χ2v) is 5.62. The third-order valence-electron chi connectivity index (χ3n) is 3.43. The second-order valence-electron chi connectivity index (χ2n) is 5.19. The van der Waals surface area contributed by atoms with Gasteiger partial charge in [-0.1, -0.05) is 23.7 Å². The Morgan fingerprint density at radius 2 is 2.17 bits per heavy atom. The molecule has 2 aromatic heterocycles. The fourth-order valence-electron chi connectivity index (χ4n) is 2.36. The number of H-pyrrole nitrogens is 1. The van der Waals surface area contributed by atoms with Crippen molar-refractivity contribution in [1.29, 1.82) is 0 Å². The number of halogens is 1. The number of aryl methyl sites for hydroxylation is 2. The number of rotatable bonds is 4. The predicted molar refractivity (Wildman–Crippen MR) is 88.5 cm³/mol. The van der Waals surface area contributed by atoms with E-state index in [1.54, 1.807) is 11.6 Å². The van der Waals surface area contributed by atoms with Crippen LogP contribution in [0.2, 0.25) is 5.02 Å². The highest BCUT2D eigenvalue weighted by Crippen LogP contribution is 2.16. The molecule has 0 fully saturated rings. The molecule has 0 saturated heterocycles. The lowest BCUT2D eigenvalue weighted by Gasteiger charge is -2.01. The summed E-state index contributed by atoms with van der Waals surface area (Å²) in [5.74, 6) is 1.74. The first-order valence-electron chi connectivity index (χ1n) is 7.31. The summed E-state index contributed by atoms with van der Waals surface area (Å²) in [6, 6.07) is 7.57. The standard InChI is InChI=1S/C16H16ClN5O/c1-3-22-15(13-9-18-10(2)19-16(13)23)20-14(21-22)8-11-5-4-6-12(17)7-11/h4-7,9H,3,8H2,1-2H3,(H,18,19,23). The first-order valence-corrected chi connectivity index (χ1v) is 7.69. The van der Waals surface area contributed by atoms with Crippen LogP contribution >= 0.6 is 11.6 Å². The number of nitrogens with one attached hydrogen (secondary N) is 1. The normalized spacial score (nSPS) is 10.9. The molecule has 3 rings (SSSR count). The quantitative estimate of drug-likeness (QED) is 0.798. The zero-order valence-electron chi connectivity index (χ0n) is 12.9. The predicted octanol–water partition coefficient (Wildman–Crippen LogP) is 2.60. The number of hydrogen-bond donors (Lipinski definition) is 1. The molecule has 2 heterocycles. The van der Waals surface area contributed by atoms with Gasteiger partial charge in [0.15, 0.2) is 11.6 Å². The van der Waals surface area contributed by atoms with E-state index in [0.717, 1.165) is 5.56 Å². The van der Waals surface area contributed by atoms with Gasteiger partial charge in [-0.2, -0.15) is 5.10 Å². The molecule has 0 aliphatic carbocycles. The van der Waals surface area contributed by atoms with Crippen LogP contribution in [0.15, 0.2) is 35.3 Å². The third kappa shape index (κ3) is 3.32. The van der Waals surface area contributed by atoms with Crippen molar-refractivity contribution in [2.45, 2.75) is 26.8 Å². The van der Waals surface area contributed by atoms with E-state index < -0.39 is 0 Å². The van der Waals surface area contributed by atoms with E-state index in [4.69, 9.17) is 11.6 Å². The molecule has 1 aromatic carbocycles. The monoisotopic (exact) mass is 329 g/mol. The molecule has 23 heavy (non-hydrogen) atoms. The van der Waals surface area contributed by atoms with Crippen molar-refractivity contribution in [2.75, 3.05) is 0 Å². The van der Waals surface area contributed by atoms with E-state index in [0.29, 0.717) is 41.0 Å². The second kappa shape index (κ2) is 6.34. The summed E-state index contributed by atoms with van der Waals surface area (Å²) in [5, 5.41) is 5.15. The zero-order valence-corrected chi connectivity index (χ0v) is 13.6. The molecule has 118 valence electrons. The largest absolute Gasteiger partial charge is 0.310 e. The molecule has 0 spiro atoms. The van der Waals surface area contributed by atoms with Gasteiger partial charge >= 0.3 is 0 Å². The minimum Gasteiger partial charge on any atom is -0.310 e. The lowest BCUT2D eigenvalue weighted by Crippen LogP contribution is -2.14. The molecule has 0 radical (unpaired) electrons. The highest BCUT2D eigenvalue weighted by Gasteiger charge is 2.15. The summed E-state index contributed by atoms with van der Waals surface area (Å²) in [5.41, 5.74) is 1.23. The maximum Gasteiger partial charge on any atom is 0.261 e. The molecular weight excluding hydrogens is 314 g/mol. The molecule has 0 bridgehead atoms. The van der Waals surface area contributed by atoms with Crippen molar-refractivity contribution in [3.05, 3.63) is 63.1 Å². The van der Waals surface area contributed by atoms with Crippen LogP contribution < -0.4 is 5.56 Å². The van der Waals surface area contributed by atoms with Gasteiger partial charge in [0.2, 0.25) is 0 Å². The van der Waals surface area contributed by atoms with Crippen molar-refractivity contribution >= 4 is 11.6 Å². The van der Waals surface area contributed by atoms with Crippen LogP contribution in [0.1, 0.15) is 24.1 Å². The van der Waals surface area contributed by atoms with Gasteiger partial charge in [0, 0.05) is 24.2 Å². The van der Waals surface area contributed by atoms with E-state index in [2.05, 4.69) is 20.1 Å². The Morgan fingerprint density at radius 1 is 1.35 bits per heavy atom. The SMILES string of the molecule is CCn1nc(Cc2cccc(Cl)c2)nc1-c1cnc(C)[nH]c1=O. The zero-order chi connectivity index (χ0) is 16.4. The molecule has 0 aliphatic heterocycles. The van der Waals surface area contributed by atoms with Gasteiger partial charge in [-0.25, -0.2) is 14.6 Å². The van der Waals surface area contributed by atoms with Gasteiger partial charge in [-0.05, 0) is 31.5 Å². The van der Waals surface area contributed by atoms with Crippen LogP contribution in [0.5, 0.6) is 0 Å². The third-order valence-corrected chi connectivity index (χ3v) is 3.67. The molecular formula is C16H16ClN5O. The topological polar surface area (TPSA) is 76.5 Å². The lowest BCUT2D eigenvalue weighted by atomic mass is 10.1. The van der Waals surface area contributed by atoms with Crippen molar-refractivity contribution < 1.29 is 0 Å². The number of hydrogen-bond acceptors (Lipinski definition) is 4. The van der Waals surface area contributed by atoms with Crippen LogP contribution in [-0.4, -0.2) is 24.7 Å².